The van der Waals surface area contributed by atoms with Crippen LogP contribution in [0, 0.1) is 17.0 Å². The molecule has 1 rings (SSSR count). The maximum absolute atomic E-state index is 11.0. The Labute approximate surface area is 107 Å². The molecule has 19 heavy (non-hydrogen) atoms. The quantitative estimate of drug-likeness (QED) is 0.276. The largest absolute Gasteiger partial charge is 0.481 e. The average molecular weight is 266 g/mol. The highest BCUT2D eigenvalue weighted by Gasteiger charge is 2.31. The summed E-state index contributed by atoms with van der Waals surface area (Å²) in [5.41, 5.74) is 9.46. The molecular weight excluding hydrogens is 256 g/mol. The minimum Gasteiger partial charge on any atom is -0.481 e. The summed E-state index contributed by atoms with van der Waals surface area (Å²) in [5.74, 6) is -1.51. The van der Waals surface area contributed by atoms with Crippen molar-refractivity contribution in [3.63, 3.8) is 0 Å². The van der Waals surface area contributed by atoms with E-state index >= 15 is 0 Å². The first kappa shape index (κ1) is 14.3. The van der Waals surface area contributed by atoms with Crippen molar-refractivity contribution >= 4 is 5.97 Å². The number of aryl methyl sites for hydroxylation is 1. The Bertz CT molecular complexity index is 521. The fourth-order valence-corrected chi connectivity index (χ4v) is 1.44. The van der Waals surface area contributed by atoms with Crippen LogP contribution in [0.4, 0.5) is 0 Å². The van der Waals surface area contributed by atoms with E-state index in [1.165, 1.54) is 12.1 Å². The summed E-state index contributed by atoms with van der Waals surface area (Å²) in [6.07, 6.45) is -1.50. The molecule has 0 radical (unpaired) electrons. The van der Waals surface area contributed by atoms with Crippen molar-refractivity contribution in [2.24, 2.45) is 5.11 Å². The van der Waals surface area contributed by atoms with Crippen molar-refractivity contribution in [2.45, 2.75) is 19.1 Å². The molecule has 2 atom stereocenters. The molecule has 0 saturated carbocycles. The fourth-order valence-electron chi connectivity index (χ4n) is 1.44. The van der Waals surface area contributed by atoms with Gasteiger partial charge >= 0.3 is 5.97 Å². The van der Waals surface area contributed by atoms with Crippen molar-refractivity contribution < 1.29 is 19.8 Å². The van der Waals surface area contributed by atoms with Crippen LogP contribution in [0.5, 0.6) is 0 Å². The van der Waals surface area contributed by atoms with Gasteiger partial charge in [0.2, 0.25) is 0 Å². The number of hydrogen-bond acceptors (Lipinski definition) is 5. The number of aliphatic carboxylic acids is 1. The third kappa shape index (κ3) is 3.86. The van der Waals surface area contributed by atoms with Gasteiger partial charge in [-0.3, -0.25) is 4.79 Å². The molecule has 0 spiro atoms. The Kier molecular flexibility index (Phi) is 4.67. The van der Waals surface area contributed by atoms with E-state index in [-0.39, 0.29) is 5.56 Å². The van der Waals surface area contributed by atoms with Gasteiger partial charge in [0.15, 0.2) is 12.1 Å². The van der Waals surface area contributed by atoms with Gasteiger partial charge in [0.1, 0.15) is 0 Å². The number of carboxylic acids is 1. The third-order valence-electron chi connectivity index (χ3n) is 2.32. The summed E-state index contributed by atoms with van der Waals surface area (Å²) in [7, 11) is 0. The lowest BCUT2D eigenvalue weighted by Gasteiger charge is -2.18. The number of benzene rings is 1. The normalized spacial score (nSPS) is 12.9. The lowest BCUT2D eigenvalue weighted by molar-refractivity contribution is -0.771. The highest BCUT2D eigenvalue weighted by atomic mass is 17.0. The highest BCUT2D eigenvalue weighted by Crippen LogP contribution is 2.24. The van der Waals surface area contributed by atoms with Gasteiger partial charge in [-0.2, -0.15) is 0 Å². The Morgan fingerprint density at radius 3 is 2.53 bits per heavy atom. The van der Waals surface area contributed by atoms with E-state index in [2.05, 4.69) is 14.9 Å². The SMILES string of the molecule is Cc1ccc(C(O[N+](=O)[O-])C(N=[N+]=[N-])C(=O)O)cc1. The Hall–Kier alpha value is -2.80. The molecule has 9 nitrogen and oxygen atoms in total. The second kappa shape index (κ2) is 6.22. The molecule has 9 heteroatoms. The van der Waals surface area contributed by atoms with Crippen LogP contribution in [0.3, 0.4) is 0 Å². The second-order valence-electron chi connectivity index (χ2n) is 3.65. The zero-order valence-corrected chi connectivity index (χ0v) is 9.83. The minimum atomic E-state index is -1.72. The van der Waals surface area contributed by atoms with Crippen LogP contribution in [-0.2, 0) is 9.63 Å². The summed E-state index contributed by atoms with van der Waals surface area (Å²) < 4.78 is 0. The van der Waals surface area contributed by atoms with Crippen LogP contribution >= 0.6 is 0 Å². The lowest BCUT2D eigenvalue weighted by atomic mass is 10.0. The summed E-state index contributed by atoms with van der Waals surface area (Å²) in [5, 5.41) is 21.3. The van der Waals surface area contributed by atoms with Gasteiger partial charge in [-0.1, -0.05) is 34.9 Å². The summed E-state index contributed by atoms with van der Waals surface area (Å²) >= 11 is 0. The lowest BCUT2D eigenvalue weighted by Crippen LogP contribution is -2.29. The Balaban J connectivity index is 3.18. The van der Waals surface area contributed by atoms with Gasteiger partial charge in [0.25, 0.3) is 5.09 Å². The number of carbonyl (C=O) groups is 1. The van der Waals surface area contributed by atoms with Crippen LogP contribution < -0.4 is 0 Å². The van der Waals surface area contributed by atoms with Gasteiger partial charge in [-0.25, -0.2) is 0 Å². The Morgan fingerprint density at radius 2 is 2.11 bits per heavy atom. The van der Waals surface area contributed by atoms with E-state index in [1.54, 1.807) is 19.1 Å². The molecule has 0 aliphatic rings. The zero-order valence-electron chi connectivity index (χ0n) is 9.83. The fraction of sp³-hybridized carbons (Fsp3) is 0.300. The summed E-state index contributed by atoms with van der Waals surface area (Å²) in [4.78, 5) is 28.1. The predicted octanol–water partition coefficient (Wildman–Crippen LogP) is 2.01. The first-order valence-electron chi connectivity index (χ1n) is 5.10. The Morgan fingerprint density at radius 1 is 1.53 bits per heavy atom. The van der Waals surface area contributed by atoms with Gasteiger partial charge in [-0.05, 0) is 18.0 Å². The van der Waals surface area contributed by atoms with E-state index in [1.807, 2.05) is 0 Å². The van der Waals surface area contributed by atoms with E-state index in [0.29, 0.717) is 0 Å². The number of rotatable bonds is 6. The number of carboxylic acid groups (broad SMARTS) is 1. The molecular formula is C10H10N4O5. The first-order valence-corrected chi connectivity index (χ1v) is 5.10. The second-order valence-corrected chi connectivity index (χ2v) is 3.65. The summed E-state index contributed by atoms with van der Waals surface area (Å²) in [6.45, 7) is 1.80. The maximum atomic E-state index is 11.0. The molecule has 0 aliphatic carbocycles. The predicted molar refractivity (Wildman–Crippen MR) is 62.6 cm³/mol. The molecule has 2 unspecified atom stereocenters. The van der Waals surface area contributed by atoms with Gasteiger partial charge in [-0.15, -0.1) is 10.1 Å². The summed E-state index contributed by atoms with van der Waals surface area (Å²) in [6, 6.07) is 4.51. The van der Waals surface area contributed by atoms with Crippen LogP contribution in [0.25, 0.3) is 10.4 Å². The monoisotopic (exact) mass is 266 g/mol. The molecule has 1 N–H and O–H groups in total. The topological polar surface area (TPSA) is 138 Å². The molecule has 0 saturated heterocycles. The van der Waals surface area contributed by atoms with Crippen LogP contribution in [0.15, 0.2) is 29.4 Å². The standard InChI is InChI=1S/C10H10N4O5/c1-6-2-4-7(5-3-6)9(19-14(17)18)8(10(15)16)12-13-11/h2-5,8-9H,1H3,(H,15,16). The first-order chi connectivity index (χ1) is 8.95. The van der Waals surface area contributed by atoms with Crippen molar-refractivity contribution in [3.8, 4) is 0 Å². The molecule has 1 aromatic rings. The van der Waals surface area contributed by atoms with Crippen molar-refractivity contribution in [1.82, 2.24) is 0 Å². The van der Waals surface area contributed by atoms with E-state index < -0.39 is 23.2 Å². The highest BCUT2D eigenvalue weighted by molar-refractivity contribution is 5.74. The molecule has 0 aliphatic heterocycles. The molecule has 1 aromatic carbocycles. The van der Waals surface area contributed by atoms with Gasteiger partial charge < -0.3 is 9.94 Å². The number of azide groups is 1. The molecule has 0 heterocycles. The van der Waals surface area contributed by atoms with E-state index in [9.17, 15) is 14.9 Å². The average Bonchev–Trinajstić information content (AvgIpc) is 2.34. The number of nitrogens with zero attached hydrogens (tertiary/aromatic N) is 4. The minimum absolute atomic E-state index is 0.238. The van der Waals surface area contributed by atoms with Crippen LogP contribution in [0.1, 0.15) is 17.2 Å². The molecule has 100 valence electrons. The van der Waals surface area contributed by atoms with Gasteiger partial charge in [0.05, 0.1) is 0 Å². The van der Waals surface area contributed by atoms with E-state index in [4.69, 9.17) is 10.6 Å². The van der Waals surface area contributed by atoms with Crippen molar-refractivity contribution in [3.05, 3.63) is 55.9 Å². The molecule has 0 amide bonds. The maximum Gasteiger partial charge on any atom is 0.315 e. The van der Waals surface area contributed by atoms with Crippen LogP contribution in [-0.4, -0.2) is 22.2 Å². The molecule has 0 fully saturated rings. The van der Waals surface area contributed by atoms with E-state index in [0.717, 1.165) is 5.56 Å². The van der Waals surface area contributed by atoms with Gasteiger partial charge in [0, 0.05) is 4.91 Å². The van der Waals surface area contributed by atoms with Crippen LogP contribution in [0.2, 0.25) is 0 Å². The van der Waals surface area contributed by atoms with Crippen molar-refractivity contribution in [1.29, 1.82) is 0 Å². The zero-order chi connectivity index (χ0) is 14.4. The number of hydrogen-bond donors (Lipinski definition) is 1. The van der Waals surface area contributed by atoms with Crippen molar-refractivity contribution in [2.75, 3.05) is 0 Å². The molecule has 0 bridgehead atoms. The third-order valence-corrected chi connectivity index (χ3v) is 2.32. The molecule has 0 aromatic heterocycles. The smallest absolute Gasteiger partial charge is 0.315 e.